The highest BCUT2D eigenvalue weighted by molar-refractivity contribution is 6.21. The number of allylic oxidation sites excluding steroid dienone is 9. The number of hydrogen-bond acceptors (Lipinski definition) is 1. The topological polar surface area (TPSA) is 12.4 Å². The van der Waals surface area contributed by atoms with E-state index in [-0.39, 0.29) is 0 Å². The molecule has 252 valence electrons. The van der Waals surface area contributed by atoms with E-state index in [2.05, 4.69) is 166 Å². The van der Waals surface area contributed by atoms with Gasteiger partial charge in [-0.15, -0.1) is 19.4 Å². The van der Waals surface area contributed by atoms with Crippen LogP contribution >= 0.6 is 0 Å². The molecule has 0 unspecified atom stereocenters. The maximum atomic E-state index is 4.63. The van der Waals surface area contributed by atoms with Crippen LogP contribution in [-0.4, -0.2) is 5.71 Å². The van der Waals surface area contributed by atoms with Gasteiger partial charge in [0.15, 0.2) is 0 Å². The molecule has 1 heteroatoms. The molecule has 6 rings (SSSR count). The van der Waals surface area contributed by atoms with Crippen LogP contribution in [0.1, 0.15) is 58.6 Å². The summed E-state index contributed by atoms with van der Waals surface area (Å²) >= 11 is 0. The fourth-order valence-electron chi connectivity index (χ4n) is 6.04. The number of aryl methyl sites for hydroxylation is 1. The minimum atomic E-state index is 0.762. The Bertz CT molecular complexity index is 2010. The second kappa shape index (κ2) is 20.0. The Kier molecular flexibility index (Phi) is 15.5. The molecule has 0 heterocycles. The lowest BCUT2D eigenvalue weighted by molar-refractivity contribution is 1.08. The standard InChI is InChI=1S/C34H29N.C11H14.C2H6.C2H2/c1-5-10-24(3)35-25(4)26-19-21-28(22-20-26)34-31-13-8-6-11-29(31)33(27-17-15-23(2)16-18-27)30-12-7-9-14-32(30)34;1-3-7-11-9-6-4-5-8-10(11)2;2*1-2/h5-22H,3H2,1-2,4H3;3-6,8H,1,7,9H2,2H3;1-2H3;1-2H/b10-5-,35-25?;;;. The monoisotopic (exact) mass is 653 g/mol. The number of aliphatic imine (C=N–C) groups is 1. The van der Waals surface area contributed by atoms with Gasteiger partial charge in [0.1, 0.15) is 0 Å². The Morgan fingerprint density at radius 3 is 1.68 bits per heavy atom. The SMILES string of the molecule is C#C.C=C(/C=C\C)N=C(C)c1ccc(-c2c3ccccc3c(-c3ccc(C)cc3)c3ccccc23)cc1.C=CCC1=C(C)C=CC=CC1.CC. The largest absolute Gasteiger partial charge is 0.254 e. The minimum absolute atomic E-state index is 0.762. The second-order valence-corrected chi connectivity index (χ2v) is 11.7. The van der Waals surface area contributed by atoms with E-state index in [9.17, 15) is 0 Å². The van der Waals surface area contributed by atoms with Crippen molar-refractivity contribution in [3.63, 3.8) is 0 Å². The maximum absolute atomic E-state index is 4.63. The van der Waals surface area contributed by atoms with Crippen molar-refractivity contribution in [2.75, 3.05) is 0 Å². The van der Waals surface area contributed by atoms with Gasteiger partial charge < -0.3 is 0 Å². The first-order chi connectivity index (χ1) is 24.4. The van der Waals surface area contributed by atoms with Gasteiger partial charge in [0.25, 0.3) is 0 Å². The minimum Gasteiger partial charge on any atom is -0.254 e. The molecule has 0 radical (unpaired) electrons. The third kappa shape index (κ3) is 9.68. The number of nitrogens with zero attached hydrogens (tertiary/aromatic N) is 1. The zero-order chi connectivity index (χ0) is 36.5. The molecule has 0 amide bonds. The third-order valence-electron chi connectivity index (χ3n) is 8.44. The number of benzene rings is 5. The summed E-state index contributed by atoms with van der Waals surface area (Å²) in [5.41, 5.74) is 12.0. The van der Waals surface area contributed by atoms with Crippen LogP contribution in [0.15, 0.2) is 175 Å². The average molecular weight is 654 g/mol. The van der Waals surface area contributed by atoms with E-state index >= 15 is 0 Å². The molecule has 0 aliphatic heterocycles. The lowest BCUT2D eigenvalue weighted by atomic mass is 9.85. The first-order valence-electron chi connectivity index (χ1n) is 17.4. The zero-order valence-electron chi connectivity index (χ0n) is 30.7. The van der Waals surface area contributed by atoms with Crippen molar-refractivity contribution < 1.29 is 0 Å². The Morgan fingerprint density at radius 1 is 0.740 bits per heavy atom. The average Bonchev–Trinajstić information content (AvgIpc) is 3.36. The highest BCUT2D eigenvalue weighted by atomic mass is 14.7. The first-order valence-corrected chi connectivity index (χ1v) is 17.4. The van der Waals surface area contributed by atoms with Crippen molar-refractivity contribution in [3.8, 4) is 35.1 Å². The summed E-state index contributed by atoms with van der Waals surface area (Å²) < 4.78 is 0. The molecule has 0 saturated carbocycles. The molecule has 5 aromatic rings. The second-order valence-electron chi connectivity index (χ2n) is 11.7. The summed E-state index contributed by atoms with van der Waals surface area (Å²) in [4.78, 5) is 4.63. The quantitative estimate of drug-likeness (QED) is 0.0545. The Labute approximate surface area is 301 Å². The lowest BCUT2D eigenvalue weighted by Crippen LogP contribution is -1.95. The van der Waals surface area contributed by atoms with Gasteiger partial charge in [0, 0.05) is 5.71 Å². The van der Waals surface area contributed by atoms with Crippen molar-refractivity contribution in [2.45, 2.75) is 54.4 Å². The molecular weight excluding hydrogens is 603 g/mol. The van der Waals surface area contributed by atoms with E-state index in [1.165, 1.54) is 60.5 Å². The van der Waals surface area contributed by atoms with E-state index in [0.717, 1.165) is 29.8 Å². The van der Waals surface area contributed by atoms with Crippen LogP contribution in [-0.2, 0) is 0 Å². The number of rotatable bonds is 7. The summed E-state index contributed by atoms with van der Waals surface area (Å²) in [6, 6.07) is 35.2. The molecular formula is C49H51N. The molecule has 0 bridgehead atoms. The third-order valence-corrected chi connectivity index (χ3v) is 8.44. The highest BCUT2D eigenvalue weighted by Gasteiger charge is 2.16. The predicted molar refractivity (Wildman–Crippen MR) is 225 cm³/mol. The van der Waals surface area contributed by atoms with Gasteiger partial charge in [-0.05, 0) is 96.0 Å². The van der Waals surface area contributed by atoms with Crippen LogP contribution in [0.2, 0.25) is 0 Å². The van der Waals surface area contributed by atoms with Crippen molar-refractivity contribution in [1.82, 2.24) is 0 Å². The van der Waals surface area contributed by atoms with Crippen LogP contribution < -0.4 is 0 Å². The summed E-state index contributed by atoms with van der Waals surface area (Å²) in [6.45, 7) is 20.0. The molecule has 0 spiro atoms. The fraction of sp³-hybridized carbons (Fsp3) is 0.163. The van der Waals surface area contributed by atoms with Gasteiger partial charge in [-0.3, -0.25) is 4.99 Å². The van der Waals surface area contributed by atoms with Gasteiger partial charge in [-0.25, -0.2) is 0 Å². The van der Waals surface area contributed by atoms with Gasteiger partial charge in [0.05, 0.1) is 5.70 Å². The molecule has 1 aliphatic rings. The van der Waals surface area contributed by atoms with Gasteiger partial charge in [-0.2, -0.15) is 0 Å². The van der Waals surface area contributed by atoms with Crippen molar-refractivity contribution >= 4 is 27.3 Å². The first kappa shape index (κ1) is 38.7. The van der Waals surface area contributed by atoms with Crippen molar-refractivity contribution in [3.05, 3.63) is 181 Å². The Hall–Kier alpha value is -5.71. The van der Waals surface area contributed by atoms with Gasteiger partial charge in [-0.1, -0.05) is 171 Å². The molecule has 0 atom stereocenters. The van der Waals surface area contributed by atoms with E-state index in [1.807, 2.05) is 45.9 Å². The predicted octanol–water partition coefficient (Wildman–Crippen LogP) is 14.2. The van der Waals surface area contributed by atoms with Gasteiger partial charge >= 0.3 is 0 Å². The van der Waals surface area contributed by atoms with E-state index < -0.39 is 0 Å². The van der Waals surface area contributed by atoms with Crippen LogP contribution in [0.25, 0.3) is 43.8 Å². The van der Waals surface area contributed by atoms with Crippen LogP contribution in [0.4, 0.5) is 0 Å². The number of hydrogen-bond donors (Lipinski definition) is 0. The molecule has 0 aromatic heterocycles. The summed E-state index contributed by atoms with van der Waals surface area (Å²) in [5, 5.41) is 5.08. The van der Waals surface area contributed by atoms with Crippen LogP contribution in [0.5, 0.6) is 0 Å². The van der Waals surface area contributed by atoms with Crippen LogP contribution in [0.3, 0.4) is 0 Å². The highest BCUT2D eigenvalue weighted by Crippen LogP contribution is 2.43. The van der Waals surface area contributed by atoms with Crippen molar-refractivity contribution in [2.24, 2.45) is 4.99 Å². The molecule has 0 fully saturated rings. The summed E-state index contributed by atoms with van der Waals surface area (Å²) in [6.07, 6.45) is 24.5. The van der Waals surface area contributed by atoms with E-state index in [1.54, 1.807) is 0 Å². The molecule has 5 aromatic carbocycles. The van der Waals surface area contributed by atoms with Gasteiger partial charge in [0.2, 0.25) is 0 Å². The molecule has 0 N–H and O–H groups in total. The van der Waals surface area contributed by atoms with Crippen molar-refractivity contribution in [1.29, 1.82) is 0 Å². The number of terminal acetylenes is 1. The summed E-state index contributed by atoms with van der Waals surface area (Å²) in [5.74, 6) is 0. The van der Waals surface area contributed by atoms with Crippen LogP contribution in [0, 0.1) is 19.8 Å². The van der Waals surface area contributed by atoms with E-state index in [0.29, 0.717) is 0 Å². The molecule has 0 saturated heterocycles. The normalized spacial score (nSPS) is 12.3. The lowest BCUT2D eigenvalue weighted by Gasteiger charge is -2.18. The Balaban J connectivity index is 0.000000380. The summed E-state index contributed by atoms with van der Waals surface area (Å²) in [7, 11) is 0. The zero-order valence-corrected chi connectivity index (χ0v) is 30.7. The smallest absolute Gasteiger partial charge is 0.0558 e. The fourth-order valence-corrected chi connectivity index (χ4v) is 6.04. The molecule has 1 aliphatic carbocycles. The van der Waals surface area contributed by atoms with E-state index in [4.69, 9.17) is 0 Å². The number of fused-ring (bicyclic) bond motifs is 2. The maximum Gasteiger partial charge on any atom is 0.0558 e. The molecule has 50 heavy (non-hydrogen) atoms. The molecule has 1 nitrogen and oxygen atoms in total. The Morgan fingerprint density at radius 2 is 1.22 bits per heavy atom.